The molecule has 1 aromatic carbocycles. The van der Waals surface area contributed by atoms with Gasteiger partial charge in [-0.3, -0.25) is 9.78 Å². The third kappa shape index (κ3) is 3.42. The number of para-hydroxylation sites is 1. The number of hydrogen-bond acceptors (Lipinski definition) is 3. The average molecular weight is 265 g/mol. The van der Waals surface area contributed by atoms with Crippen LogP contribution in [0.25, 0.3) is 0 Å². The van der Waals surface area contributed by atoms with E-state index in [2.05, 4.69) is 16.4 Å². The molecule has 4 heteroatoms. The number of anilines is 1. The predicted molar refractivity (Wildman–Crippen MR) is 76.9 cm³/mol. The van der Waals surface area contributed by atoms with Crippen molar-refractivity contribution < 1.29 is 4.79 Å². The zero-order valence-corrected chi connectivity index (χ0v) is 11.2. The lowest BCUT2D eigenvalue weighted by Crippen LogP contribution is -2.23. The normalized spacial score (nSPS) is 11.4. The van der Waals surface area contributed by atoms with Gasteiger partial charge in [0.25, 0.3) is 0 Å². The van der Waals surface area contributed by atoms with Crippen molar-refractivity contribution in [3.8, 4) is 6.07 Å². The van der Waals surface area contributed by atoms with Gasteiger partial charge in [-0.1, -0.05) is 18.2 Å². The summed E-state index contributed by atoms with van der Waals surface area (Å²) in [6.45, 7) is 1.92. The molecule has 20 heavy (non-hydrogen) atoms. The van der Waals surface area contributed by atoms with Gasteiger partial charge in [-0.05, 0) is 42.7 Å². The van der Waals surface area contributed by atoms with Crippen molar-refractivity contribution >= 4 is 11.6 Å². The number of aryl methyl sites for hydroxylation is 1. The maximum Gasteiger partial charge on any atom is 0.242 e. The Balaban J connectivity index is 2.07. The van der Waals surface area contributed by atoms with Gasteiger partial charge in [0.2, 0.25) is 5.91 Å². The van der Waals surface area contributed by atoms with Gasteiger partial charge in [-0.25, -0.2) is 0 Å². The van der Waals surface area contributed by atoms with Crippen LogP contribution in [-0.4, -0.2) is 10.9 Å². The second kappa shape index (κ2) is 6.48. The summed E-state index contributed by atoms with van der Waals surface area (Å²) in [6, 6.07) is 13.2. The van der Waals surface area contributed by atoms with Gasteiger partial charge in [-0.15, -0.1) is 0 Å². The highest BCUT2D eigenvalue weighted by atomic mass is 16.1. The van der Waals surface area contributed by atoms with Gasteiger partial charge in [0, 0.05) is 18.1 Å². The van der Waals surface area contributed by atoms with E-state index in [1.165, 1.54) is 0 Å². The number of aromatic nitrogens is 1. The first kappa shape index (κ1) is 13.8. The van der Waals surface area contributed by atoms with Crippen molar-refractivity contribution in [3.63, 3.8) is 0 Å². The Hall–Kier alpha value is -2.67. The summed E-state index contributed by atoms with van der Waals surface area (Å²) in [6.07, 6.45) is 3.70. The van der Waals surface area contributed by atoms with E-state index in [0.717, 1.165) is 16.8 Å². The first-order valence-corrected chi connectivity index (χ1v) is 6.35. The third-order valence-electron chi connectivity index (χ3n) is 3.06. The minimum absolute atomic E-state index is 0.279. The lowest BCUT2D eigenvalue weighted by atomic mass is 10.0. The van der Waals surface area contributed by atoms with Crippen molar-refractivity contribution in [2.24, 2.45) is 5.92 Å². The first-order valence-electron chi connectivity index (χ1n) is 6.35. The molecular weight excluding hydrogens is 250 g/mol. The van der Waals surface area contributed by atoms with Crippen LogP contribution in [0.1, 0.15) is 11.1 Å². The highest BCUT2D eigenvalue weighted by Crippen LogP contribution is 2.16. The topological polar surface area (TPSA) is 65.8 Å². The quantitative estimate of drug-likeness (QED) is 0.924. The standard InChI is InChI=1S/C16H15N3O/c1-12-4-2-3-5-15(12)19-16(20)14(11-17)10-13-6-8-18-9-7-13/h2-9,14H,10H2,1H3,(H,19,20)/t14-/m1/s1. The highest BCUT2D eigenvalue weighted by molar-refractivity contribution is 5.94. The van der Waals surface area contributed by atoms with Gasteiger partial charge < -0.3 is 5.32 Å². The summed E-state index contributed by atoms with van der Waals surface area (Å²) < 4.78 is 0. The number of nitriles is 1. The lowest BCUT2D eigenvalue weighted by Gasteiger charge is -2.12. The molecule has 100 valence electrons. The first-order chi connectivity index (χ1) is 9.70. The van der Waals surface area contributed by atoms with Crippen LogP contribution in [0.4, 0.5) is 5.69 Å². The molecule has 0 radical (unpaired) electrons. The molecular formula is C16H15N3O. The fourth-order valence-electron chi connectivity index (χ4n) is 1.88. The zero-order valence-electron chi connectivity index (χ0n) is 11.2. The number of carbonyl (C=O) groups excluding carboxylic acids is 1. The van der Waals surface area contributed by atoms with E-state index in [1.807, 2.05) is 43.3 Å². The monoisotopic (exact) mass is 265 g/mol. The number of hydrogen-bond donors (Lipinski definition) is 1. The molecule has 2 rings (SSSR count). The minimum atomic E-state index is -0.711. The molecule has 1 amide bonds. The molecule has 2 aromatic rings. The fraction of sp³-hybridized carbons (Fsp3) is 0.188. The Kier molecular flexibility index (Phi) is 4.46. The van der Waals surface area contributed by atoms with Crippen LogP contribution in [0.3, 0.4) is 0 Å². The maximum absolute atomic E-state index is 12.2. The SMILES string of the molecule is Cc1ccccc1NC(=O)[C@@H](C#N)Cc1ccncc1. The van der Waals surface area contributed by atoms with Gasteiger partial charge in [0.1, 0.15) is 5.92 Å². The number of rotatable bonds is 4. The van der Waals surface area contributed by atoms with Gasteiger partial charge in [0.05, 0.1) is 6.07 Å². The summed E-state index contributed by atoms with van der Waals surface area (Å²) in [5.41, 5.74) is 2.64. The molecule has 0 saturated heterocycles. The van der Waals surface area contributed by atoms with E-state index < -0.39 is 5.92 Å². The summed E-state index contributed by atoms with van der Waals surface area (Å²) in [5.74, 6) is -0.990. The summed E-state index contributed by atoms with van der Waals surface area (Å²) >= 11 is 0. The summed E-state index contributed by atoms with van der Waals surface area (Å²) in [5, 5.41) is 12.0. The molecule has 0 spiro atoms. The third-order valence-corrected chi connectivity index (χ3v) is 3.06. The second-order valence-corrected chi connectivity index (χ2v) is 4.55. The number of benzene rings is 1. The fourth-order valence-corrected chi connectivity index (χ4v) is 1.88. The van der Waals surface area contributed by atoms with Gasteiger partial charge >= 0.3 is 0 Å². The van der Waals surface area contributed by atoms with Crippen molar-refractivity contribution in [2.45, 2.75) is 13.3 Å². The molecule has 0 bridgehead atoms. The van der Waals surface area contributed by atoms with E-state index in [9.17, 15) is 10.1 Å². The predicted octanol–water partition coefficient (Wildman–Crippen LogP) is 2.71. The molecule has 1 N–H and O–H groups in total. The number of nitrogens with one attached hydrogen (secondary N) is 1. The van der Waals surface area contributed by atoms with Crippen LogP contribution < -0.4 is 5.32 Å². The average Bonchev–Trinajstić information content (AvgIpc) is 2.48. The Morgan fingerprint density at radius 3 is 2.65 bits per heavy atom. The van der Waals surface area contributed by atoms with Crippen molar-refractivity contribution in [3.05, 3.63) is 59.9 Å². The summed E-state index contributed by atoms with van der Waals surface area (Å²) in [4.78, 5) is 16.1. The van der Waals surface area contributed by atoms with Crippen molar-refractivity contribution in [1.29, 1.82) is 5.26 Å². The molecule has 0 aliphatic carbocycles. The number of amides is 1. The van der Waals surface area contributed by atoms with Crippen LogP contribution in [-0.2, 0) is 11.2 Å². The van der Waals surface area contributed by atoms with Crippen LogP contribution in [0.15, 0.2) is 48.8 Å². The largest absolute Gasteiger partial charge is 0.325 e. The van der Waals surface area contributed by atoms with Gasteiger partial charge in [0.15, 0.2) is 0 Å². The van der Waals surface area contributed by atoms with Crippen LogP contribution in [0, 0.1) is 24.2 Å². The number of pyridine rings is 1. The molecule has 0 fully saturated rings. The number of nitrogens with zero attached hydrogens (tertiary/aromatic N) is 2. The maximum atomic E-state index is 12.2. The van der Waals surface area contributed by atoms with Crippen molar-refractivity contribution in [2.75, 3.05) is 5.32 Å². The van der Waals surface area contributed by atoms with Crippen molar-refractivity contribution in [1.82, 2.24) is 4.98 Å². The van der Waals surface area contributed by atoms with Crippen LogP contribution in [0.5, 0.6) is 0 Å². The lowest BCUT2D eigenvalue weighted by molar-refractivity contribution is -0.118. The van der Waals surface area contributed by atoms with E-state index in [-0.39, 0.29) is 5.91 Å². The molecule has 0 saturated carbocycles. The van der Waals surface area contributed by atoms with E-state index in [1.54, 1.807) is 12.4 Å². The highest BCUT2D eigenvalue weighted by Gasteiger charge is 2.18. The Bertz CT molecular complexity index is 632. The Labute approximate surface area is 118 Å². The zero-order chi connectivity index (χ0) is 14.4. The minimum Gasteiger partial charge on any atom is -0.325 e. The molecule has 4 nitrogen and oxygen atoms in total. The summed E-state index contributed by atoms with van der Waals surface area (Å²) in [7, 11) is 0. The van der Waals surface area contributed by atoms with E-state index in [0.29, 0.717) is 6.42 Å². The van der Waals surface area contributed by atoms with E-state index >= 15 is 0 Å². The molecule has 0 aliphatic rings. The Morgan fingerprint density at radius 2 is 2.00 bits per heavy atom. The molecule has 0 unspecified atom stereocenters. The second-order valence-electron chi connectivity index (χ2n) is 4.55. The van der Waals surface area contributed by atoms with Gasteiger partial charge in [-0.2, -0.15) is 5.26 Å². The van der Waals surface area contributed by atoms with Crippen LogP contribution in [0.2, 0.25) is 0 Å². The molecule has 1 aromatic heterocycles. The van der Waals surface area contributed by atoms with Crippen LogP contribution >= 0.6 is 0 Å². The Morgan fingerprint density at radius 1 is 1.30 bits per heavy atom. The number of carbonyl (C=O) groups is 1. The molecule has 0 aliphatic heterocycles. The molecule has 1 heterocycles. The smallest absolute Gasteiger partial charge is 0.242 e. The molecule has 1 atom stereocenters. The van der Waals surface area contributed by atoms with E-state index in [4.69, 9.17) is 0 Å².